The van der Waals surface area contributed by atoms with Gasteiger partial charge in [0, 0.05) is 5.69 Å². The third kappa shape index (κ3) is 3.50. The minimum Gasteiger partial charge on any atom is -0.279 e. The summed E-state index contributed by atoms with van der Waals surface area (Å²) in [6, 6.07) is 10.4. The van der Waals surface area contributed by atoms with E-state index in [1.165, 1.54) is 18.2 Å². The summed E-state index contributed by atoms with van der Waals surface area (Å²) in [6.07, 6.45) is 0. The Balaban J connectivity index is 2.76. The molecule has 0 unspecified atom stereocenters. The van der Waals surface area contributed by atoms with Crippen molar-refractivity contribution in [2.24, 2.45) is 0 Å². The zero-order valence-electron chi connectivity index (χ0n) is 11.3. The molecule has 0 aliphatic carbocycles. The molecule has 2 rings (SSSR count). The van der Waals surface area contributed by atoms with Crippen LogP contribution in [0.5, 0.6) is 0 Å². The van der Waals surface area contributed by atoms with Gasteiger partial charge in [0.25, 0.3) is 10.0 Å². The van der Waals surface area contributed by atoms with E-state index < -0.39 is 25.5 Å². The molecule has 9 heteroatoms. The molecule has 0 fully saturated rings. The van der Waals surface area contributed by atoms with E-state index in [0.717, 1.165) is 6.07 Å². The van der Waals surface area contributed by atoms with Crippen LogP contribution in [0.15, 0.2) is 47.4 Å². The number of hydrogen-bond donors (Lipinski definition) is 1. The average Bonchev–Trinajstić information content (AvgIpc) is 2.53. The second-order valence-corrected chi connectivity index (χ2v) is 6.33. The molecule has 0 aliphatic rings. The molecule has 23 heavy (non-hydrogen) atoms. The Bertz CT molecular complexity index is 1040. The zero-order valence-corrected chi connectivity index (χ0v) is 13.8. The summed E-state index contributed by atoms with van der Waals surface area (Å²) in [6.45, 7) is 0. The molecule has 2 aromatic rings. The van der Waals surface area contributed by atoms with E-state index in [9.17, 15) is 18.5 Å². The molecule has 1 N–H and O–H groups in total. The van der Waals surface area contributed by atoms with E-state index in [2.05, 4.69) is 39.2 Å². The van der Waals surface area contributed by atoms with Crippen LogP contribution in [0.4, 0.5) is 11.4 Å². The fourth-order valence-electron chi connectivity index (χ4n) is 1.87. The van der Waals surface area contributed by atoms with Gasteiger partial charge in [-0.3, -0.25) is 14.8 Å². The van der Waals surface area contributed by atoms with Crippen molar-refractivity contribution in [3.8, 4) is 0 Å². The summed E-state index contributed by atoms with van der Waals surface area (Å²) in [5.41, 5.74) is -0.404. The van der Waals surface area contributed by atoms with Gasteiger partial charge in [-0.05, 0) is 58.7 Å². The van der Waals surface area contributed by atoms with Crippen LogP contribution in [0.1, 0.15) is 0 Å². The monoisotopic (exact) mass is 364 g/mol. The second kappa shape index (κ2) is 6.78. The fraction of sp³-hybridized carbons (Fsp3) is 0. The predicted molar refractivity (Wildman–Crippen MR) is 93.0 cm³/mol. The molecule has 0 saturated heterocycles. The molecule has 0 spiro atoms. The standard InChI is InChI=1S/C14H8N2O4S3/c17-16(18)14-12(9-22)10(8-21)6-7-13(14)23(19,20)15-11-4-2-1-3-5-11/h1-7,15H. The zero-order chi connectivity index (χ0) is 17.0. The van der Waals surface area contributed by atoms with Gasteiger partial charge in [0.05, 0.1) is 10.1 Å². The predicted octanol–water partition coefficient (Wildman–Crippen LogP) is 0.936. The van der Waals surface area contributed by atoms with Crippen LogP contribution >= 0.6 is 24.4 Å². The average molecular weight is 364 g/mol. The highest BCUT2D eigenvalue weighted by Crippen LogP contribution is 2.21. The molecule has 0 aliphatic heterocycles. The smallest absolute Gasteiger partial charge is 0.279 e. The number of para-hydroxylation sites is 1. The number of nitro groups is 1. The van der Waals surface area contributed by atoms with Crippen molar-refractivity contribution in [2.75, 3.05) is 4.72 Å². The minimum atomic E-state index is -4.19. The molecule has 0 atom stereocenters. The first kappa shape index (κ1) is 17.0. The fourth-order valence-corrected chi connectivity index (χ4v) is 3.49. The van der Waals surface area contributed by atoms with Gasteiger partial charge < -0.3 is 0 Å². The Labute approximate surface area is 142 Å². The number of nitro benzene ring substituents is 1. The lowest BCUT2D eigenvalue weighted by Crippen LogP contribution is -2.32. The van der Waals surface area contributed by atoms with Crippen LogP contribution in [0.3, 0.4) is 0 Å². The molecule has 116 valence electrons. The highest BCUT2D eigenvalue weighted by atomic mass is 32.2. The van der Waals surface area contributed by atoms with Gasteiger partial charge in [0.2, 0.25) is 0 Å². The van der Waals surface area contributed by atoms with Gasteiger partial charge in [-0.25, -0.2) is 8.42 Å². The number of hydrogen-bond acceptors (Lipinski definition) is 6. The molecule has 0 bridgehead atoms. The number of sulfonamides is 1. The Kier molecular flexibility index (Phi) is 5.00. The summed E-state index contributed by atoms with van der Waals surface area (Å²) in [7, 11) is -4.19. The normalized spacial score (nSPS) is 10.4. The first-order chi connectivity index (χ1) is 10.9. The van der Waals surface area contributed by atoms with Gasteiger partial charge in [0.1, 0.15) is 5.22 Å². The van der Waals surface area contributed by atoms with Gasteiger partial charge in [-0.15, -0.1) is 0 Å². The lowest BCUT2D eigenvalue weighted by atomic mass is 10.2. The SMILES string of the molecule is O=[N+]([O-])c1c(S(=O)(=O)Nc2ccccc2)ccc(=C=S)c1=C=S. The van der Waals surface area contributed by atoms with Crippen molar-refractivity contribution < 1.29 is 13.3 Å². The van der Waals surface area contributed by atoms with E-state index in [1.807, 2.05) is 0 Å². The summed E-state index contributed by atoms with van der Waals surface area (Å²) in [5, 5.41) is 15.8. The van der Waals surface area contributed by atoms with Crippen LogP contribution in [-0.2, 0) is 10.0 Å². The lowest BCUT2D eigenvalue weighted by molar-refractivity contribution is -0.388. The molecule has 0 saturated carbocycles. The summed E-state index contributed by atoms with van der Waals surface area (Å²) < 4.78 is 27.2. The van der Waals surface area contributed by atoms with Crippen LogP contribution in [0, 0.1) is 10.1 Å². The summed E-state index contributed by atoms with van der Waals surface area (Å²) in [4.78, 5) is 9.98. The van der Waals surface area contributed by atoms with E-state index in [1.54, 1.807) is 18.2 Å². The second-order valence-electron chi connectivity index (χ2n) is 4.27. The number of rotatable bonds is 4. The molecule has 0 amide bonds. The Morgan fingerprint density at radius 2 is 1.70 bits per heavy atom. The topological polar surface area (TPSA) is 89.3 Å². The van der Waals surface area contributed by atoms with Gasteiger partial charge in [-0.1, -0.05) is 18.2 Å². The van der Waals surface area contributed by atoms with Crippen molar-refractivity contribution in [2.45, 2.75) is 4.90 Å². The molecular weight excluding hydrogens is 356 g/mol. The van der Waals surface area contributed by atoms with Crippen molar-refractivity contribution >= 4 is 55.9 Å². The largest absolute Gasteiger partial charge is 0.306 e. The number of benzene rings is 2. The van der Waals surface area contributed by atoms with Crippen molar-refractivity contribution in [1.29, 1.82) is 0 Å². The number of thiocarbonyl (C=S) groups is 2. The maximum atomic E-state index is 12.5. The third-order valence-electron chi connectivity index (χ3n) is 2.85. The quantitative estimate of drug-likeness (QED) is 0.493. The molecule has 0 heterocycles. The highest BCUT2D eigenvalue weighted by molar-refractivity contribution is 7.92. The van der Waals surface area contributed by atoms with Gasteiger partial charge in [-0.2, -0.15) is 0 Å². The van der Waals surface area contributed by atoms with Crippen LogP contribution in [0.25, 0.3) is 0 Å². The first-order valence-electron chi connectivity index (χ1n) is 6.06. The minimum absolute atomic E-state index is 0.139. The van der Waals surface area contributed by atoms with Crippen molar-refractivity contribution in [1.82, 2.24) is 0 Å². The van der Waals surface area contributed by atoms with E-state index in [-0.39, 0.29) is 16.1 Å². The van der Waals surface area contributed by atoms with Crippen LogP contribution < -0.4 is 15.2 Å². The lowest BCUT2D eigenvalue weighted by Gasteiger charge is -2.08. The summed E-state index contributed by atoms with van der Waals surface area (Å²) >= 11 is 9.27. The van der Waals surface area contributed by atoms with Crippen molar-refractivity contribution in [3.63, 3.8) is 0 Å². The Hall–Kier alpha value is -2.41. The molecular formula is C14H8N2O4S3. The Morgan fingerprint density at radius 3 is 2.22 bits per heavy atom. The maximum absolute atomic E-state index is 12.5. The number of anilines is 1. The Morgan fingerprint density at radius 1 is 1.04 bits per heavy atom. The van der Waals surface area contributed by atoms with Gasteiger partial charge in [0.15, 0.2) is 4.90 Å². The number of nitrogens with zero attached hydrogens (tertiary/aromatic N) is 1. The molecule has 6 nitrogen and oxygen atoms in total. The van der Waals surface area contributed by atoms with E-state index in [4.69, 9.17) is 0 Å². The van der Waals surface area contributed by atoms with Gasteiger partial charge >= 0.3 is 5.69 Å². The maximum Gasteiger partial charge on any atom is 0.306 e. The molecule has 2 aromatic carbocycles. The molecule has 0 radical (unpaired) electrons. The summed E-state index contributed by atoms with van der Waals surface area (Å²) in [5.74, 6) is 0. The highest BCUT2D eigenvalue weighted by Gasteiger charge is 2.27. The molecule has 0 aromatic heterocycles. The number of nitrogens with one attached hydrogen (secondary N) is 1. The van der Waals surface area contributed by atoms with Crippen LogP contribution in [-0.4, -0.2) is 23.4 Å². The van der Waals surface area contributed by atoms with E-state index in [0.29, 0.717) is 0 Å². The van der Waals surface area contributed by atoms with Crippen LogP contribution in [0.2, 0.25) is 0 Å². The third-order valence-corrected chi connectivity index (χ3v) is 4.69. The first-order valence-corrected chi connectivity index (χ1v) is 8.36. The van der Waals surface area contributed by atoms with E-state index >= 15 is 0 Å². The van der Waals surface area contributed by atoms with Crippen molar-refractivity contribution in [3.05, 3.63) is 63.0 Å².